The van der Waals surface area contributed by atoms with E-state index in [1.807, 2.05) is 6.92 Å². The number of carboxylic acids is 1. The maximum absolute atomic E-state index is 11.9. The Morgan fingerprint density at radius 2 is 2.11 bits per heavy atom. The lowest BCUT2D eigenvalue weighted by atomic mass is 10.2. The summed E-state index contributed by atoms with van der Waals surface area (Å²) in [6.45, 7) is 4.24. The largest absolute Gasteiger partial charge is 0.480 e. The second-order valence-electron chi connectivity index (χ2n) is 4.76. The second kappa shape index (κ2) is 6.96. The first-order valence-electron chi connectivity index (χ1n) is 6.49. The Labute approximate surface area is 112 Å². The van der Waals surface area contributed by atoms with Gasteiger partial charge in [0.25, 0.3) is 0 Å². The van der Waals surface area contributed by atoms with Crippen molar-refractivity contribution in [2.45, 2.75) is 45.2 Å². The zero-order chi connectivity index (χ0) is 14.4. The fourth-order valence-electron chi connectivity index (χ4n) is 2.14. The van der Waals surface area contributed by atoms with Crippen molar-refractivity contribution >= 4 is 17.9 Å². The van der Waals surface area contributed by atoms with Gasteiger partial charge >= 0.3 is 12.0 Å². The fourth-order valence-corrected chi connectivity index (χ4v) is 2.14. The van der Waals surface area contributed by atoms with Crippen LogP contribution in [0, 0.1) is 0 Å². The molecule has 1 rings (SSSR count). The number of rotatable bonds is 5. The third-order valence-corrected chi connectivity index (χ3v) is 3.06. The third kappa shape index (κ3) is 4.76. The van der Waals surface area contributed by atoms with Gasteiger partial charge < -0.3 is 20.6 Å². The molecule has 0 aliphatic carbocycles. The van der Waals surface area contributed by atoms with Crippen LogP contribution in [0.15, 0.2) is 0 Å². The number of carbonyl (C=O) groups is 3. The Morgan fingerprint density at radius 3 is 2.63 bits per heavy atom. The van der Waals surface area contributed by atoms with Crippen molar-refractivity contribution in [2.75, 3.05) is 13.1 Å². The Bertz CT molecular complexity index is 359. The molecule has 2 atom stereocenters. The predicted octanol–water partition coefficient (Wildman–Crippen LogP) is 0.160. The van der Waals surface area contributed by atoms with Crippen LogP contribution in [-0.2, 0) is 9.59 Å². The maximum atomic E-state index is 11.9. The molecule has 2 unspecified atom stereocenters. The molecule has 0 radical (unpaired) electrons. The van der Waals surface area contributed by atoms with Crippen LogP contribution in [0.3, 0.4) is 0 Å². The predicted molar refractivity (Wildman–Crippen MR) is 68.7 cm³/mol. The quantitative estimate of drug-likeness (QED) is 0.663. The minimum absolute atomic E-state index is 0.0438. The van der Waals surface area contributed by atoms with Crippen LogP contribution in [0.5, 0.6) is 0 Å². The molecule has 1 aliphatic rings. The molecule has 19 heavy (non-hydrogen) atoms. The van der Waals surface area contributed by atoms with Crippen molar-refractivity contribution in [3.8, 4) is 0 Å². The molecule has 0 spiro atoms. The number of urea groups is 1. The van der Waals surface area contributed by atoms with E-state index in [1.165, 1.54) is 11.8 Å². The first-order valence-corrected chi connectivity index (χ1v) is 6.49. The smallest absolute Gasteiger partial charge is 0.326 e. The maximum Gasteiger partial charge on any atom is 0.326 e. The van der Waals surface area contributed by atoms with E-state index in [2.05, 4.69) is 10.6 Å². The normalized spacial score (nSPS) is 19.9. The molecule has 7 nitrogen and oxygen atoms in total. The summed E-state index contributed by atoms with van der Waals surface area (Å²) in [4.78, 5) is 35.3. The van der Waals surface area contributed by atoms with Crippen LogP contribution >= 0.6 is 0 Å². The highest BCUT2D eigenvalue weighted by atomic mass is 16.4. The van der Waals surface area contributed by atoms with Crippen LogP contribution in [0.2, 0.25) is 0 Å². The zero-order valence-corrected chi connectivity index (χ0v) is 11.3. The van der Waals surface area contributed by atoms with Crippen LogP contribution in [0.4, 0.5) is 4.79 Å². The average Bonchev–Trinajstić information content (AvgIpc) is 2.75. The standard InChI is InChI=1S/C12H21N3O4/c1-3-4-10(11(17)18)14-12(19)15-6-5-9(7-15)13-8(2)16/h9-10H,3-7H2,1-2H3,(H,13,16)(H,14,19)(H,17,18). The minimum atomic E-state index is -1.02. The molecule has 3 amide bonds. The lowest BCUT2D eigenvalue weighted by molar-refractivity contribution is -0.139. The first kappa shape index (κ1) is 15.3. The molecule has 1 heterocycles. The van der Waals surface area contributed by atoms with Gasteiger partial charge in [-0.05, 0) is 12.8 Å². The van der Waals surface area contributed by atoms with Crippen molar-refractivity contribution in [1.29, 1.82) is 0 Å². The van der Waals surface area contributed by atoms with E-state index in [1.54, 1.807) is 0 Å². The van der Waals surface area contributed by atoms with Gasteiger partial charge in [-0.25, -0.2) is 9.59 Å². The number of hydrogen-bond donors (Lipinski definition) is 3. The molecule has 0 bridgehead atoms. The first-order chi connectivity index (χ1) is 8.93. The van der Waals surface area contributed by atoms with E-state index < -0.39 is 12.0 Å². The Morgan fingerprint density at radius 1 is 1.42 bits per heavy atom. The van der Waals surface area contributed by atoms with Crippen LogP contribution in [0.25, 0.3) is 0 Å². The minimum Gasteiger partial charge on any atom is -0.480 e. The molecular formula is C12H21N3O4. The molecule has 1 aliphatic heterocycles. The van der Waals surface area contributed by atoms with Crippen LogP contribution < -0.4 is 10.6 Å². The summed E-state index contributed by atoms with van der Waals surface area (Å²) in [7, 11) is 0. The molecule has 1 fully saturated rings. The lowest BCUT2D eigenvalue weighted by Crippen LogP contribution is -2.48. The summed E-state index contributed by atoms with van der Waals surface area (Å²) in [5.74, 6) is -1.14. The van der Waals surface area contributed by atoms with Gasteiger partial charge in [0.1, 0.15) is 6.04 Å². The molecular weight excluding hydrogens is 250 g/mol. The number of hydrogen-bond acceptors (Lipinski definition) is 3. The monoisotopic (exact) mass is 271 g/mol. The van der Waals surface area contributed by atoms with Crippen molar-refractivity contribution in [3.63, 3.8) is 0 Å². The highest BCUT2D eigenvalue weighted by Crippen LogP contribution is 2.10. The molecule has 0 saturated carbocycles. The number of nitrogens with zero attached hydrogens (tertiary/aromatic N) is 1. The highest BCUT2D eigenvalue weighted by Gasteiger charge is 2.29. The molecule has 0 aromatic carbocycles. The van der Waals surface area contributed by atoms with E-state index in [0.29, 0.717) is 32.4 Å². The topological polar surface area (TPSA) is 98.7 Å². The average molecular weight is 271 g/mol. The van der Waals surface area contributed by atoms with Gasteiger partial charge in [-0.2, -0.15) is 0 Å². The molecule has 0 aromatic rings. The molecule has 7 heteroatoms. The molecule has 1 saturated heterocycles. The molecule has 108 valence electrons. The second-order valence-corrected chi connectivity index (χ2v) is 4.76. The van der Waals surface area contributed by atoms with Gasteiger partial charge in [0.15, 0.2) is 0 Å². The highest BCUT2D eigenvalue weighted by molar-refractivity contribution is 5.82. The summed E-state index contributed by atoms with van der Waals surface area (Å²) >= 11 is 0. The number of carbonyl (C=O) groups excluding carboxylic acids is 2. The summed E-state index contributed by atoms with van der Waals surface area (Å²) in [5.41, 5.74) is 0. The number of amides is 3. The summed E-state index contributed by atoms with van der Waals surface area (Å²) in [6.07, 6.45) is 1.79. The van der Waals surface area contributed by atoms with Crippen molar-refractivity contribution in [3.05, 3.63) is 0 Å². The van der Waals surface area contributed by atoms with E-state index >= 15 is 0 Å². The summed E-state index contributed by atoms with van der Waals surface area (Å²) in [5, 5.41) is 14.2. The van der Waals surface area contributed by atoms with E-state index in [4.69, 9.17) is 5.11 Å². The van der Waals surface area contributed by atoms with Gasteiger partial charge in [-0.15, -0.1) is 0 Å². The zero-order valence-electron chi connectivity index (χ0n) is 11.3. The van der Waals surface area contributed by atoms with Crippen molar-refractivity contribution in [2.24, 2.45) is 0 Å². The number of carboxylic acid groups (broad SMARTS) is 1. The van der Waals surface area contributed by atoms with E-state index in [9.17, 15) is 14.4 Å². The van der Waals surface area contributed by atoms with Gasteiger partial charge in [-0.1, -0.05) is 13.3 Å². The van der Waals surface area contributed by atoms with E-state index in [-0.39, 0.29) is 18.0 Å². The van der Waals surface area contributed by atoms with Gasteiger partial charge in [0.2, 0.25) is 5.91 Å². The lowest BCUT2D eigenvalue weighted by Gasteiger charge is -2.21. The number of aliphatic carboxylic acids is 1. The van der Waals surface area contributed by atoms with E-state index in [0.717, 1.165) is 0 Å². The Kier molecular flexibility index (Phi) is 5.59. The van der Waals surface area contributed by atoms with Crippen LogP contribution in [-0.4, -0.2) is 53.1 Å². The molecule has 3 N–H and O–H groups in total. The fraction of sp³-hybridized carbons (Fsp3) is 0.750. The van der Waals surface area contributed by atoms with Gasteiger partial charge in [0, 0.05) is 26.1 Å². The number of likely N-dealkylation sites (tertiary alicyclic amines) is 1. The Balaban J connectivity index is 2.46. The van der Waals surface area contributed by atoms with Crippen molar-refractivity contribution < 1.29 is 19.5 Å². The number of nitrogens with one attached hydrogen (secondary N) is 2. The SMILES string of the molecule is CCCC(NC(=O)N1CCC(NC(C)=O)C1)C(=O)O. The van der Waals surface area contributed by atoms with Crippen LogP contribution in [0.1, 0.15) is 33.1 Å². The van der Waals surface area contributed by atoms with Gasteiger partial charge in [-0.3, -0.25) is 4.79 Å². The summed E-state index contributed by atoms with van der Waals surface area (Å²) in [6, 6.07) is -1.27. The van der Waals surface area contributed by atoms with Gasteiger partial charge in [0.05, 0.1) is 0 Å². The third-order valence-electron chi connectivity index (χ3n) is 3.06. The molecule has 0 aromatic heterocycles. The summed E-state index contributed by atoms with van der Waals surface area (Å²) < 4.78 is 0. The van der Waals surface area contributed by atoms with Crippen molar-refractivity contribution in [1.82, 2.24) is 15.5 Å². The Hall–Kier alpha value is -1.79.